The normalized spacial score (nSPS) is 10.1. The van der Waals surface area contributed by atoms with Gasteiger partial charge in [-0.15, -0.1) is 0 Å². The van der Waals surface area contributed by atoms with Crippen molar-refractivity contribution in [2.45, 2.75) is 13.8 Å². The van der Waals surface area contributed by atoms with Gasteiger partial charge in [-0.3, -0.25) is 0 Å². The number of halogens is 2. The van der Waals surface area contributed by atoms with Gasteiger partial charge < -0.3 is 9.84 Å². The fourth-order valence-corrected chi connectivity index (χ4v) is 1.18. The number of hydrogen-bond acceptors (Lipinski definition) is 2. The second kappa shape index (κ2) is 4.25. The Morgan fingerprint density at radius 2 is 2.07 bits per heavy atom. The largest absolute Gasteiger partial charge is 0.490 e. The Hall–Kier alpha value is -1.65. The maximum Gasteiger partial charge on any atom is 0.339 e. The van der Waals surface area contributed by atoms with Crippen molar-refractivity contribution in [3.63, 3.8) is 0 Å². The highest BCUT2D eigenvalue weighted by atomic mass is 19.2. The van der Waals surface area contributed by atoms with Crippen LogP contribution in [-0.4, -0.2) is 17.7 Å². The minimum atomic E-state index is -1.35. The number of carboxylic acid groups (broad SMARTS) is 1. The number of hydrogen-bond donors (Lipinski definition) is 1. The molecule has 0 bridgehead atoms. The summed E-state index contributed by atoms with van der Waals surface area (Å²) in [7, 11) is 0. The van der Waals surface area contributed by atoms with Crippen LogP contribution in [-0.2, 0) is 0 Å². The molecule has 0 spiro atoms. The Morgan fingerprint density at radius 3 is 2.53 bits per heavy atom. The third kappa shape index (κ3) is 2.06. The lowest BCUT2D eigenvalue weighted by Crippen LogP contribution is -2.07. The number of benzene rings is 1. The molecule has 0 atom stereocenters. The standard InChI is InChI=1S/C10H10F2O3/c1-3-15-9-6(10(13)14)4-5(2)7(11)8(9)12/h4H,3H2,1-2H3,(H,13,14). The zero-order chi connectivity index (χ0) is 11.6. The van der Waals surface area contributed by atoms with Crippen molar-refractivity contribution < 1.29 is 23.4 Å². The van der Waals surface area contributed by atoms with Crippen molar-refractivity contribution in [1.82, 2.24) is 0 Å². The fourth-order valence-electron chi connectivity index (χ4n) is 1.18. The lowest BCUT2D eigenvalue weighted by Gasteiger charge is -2.10. The van der Waals surface area contributed by atoms with Crippen LogP contribution in [0.4, 0.5) is 8.78 Å². The van der Waals surface area contributed by atoms with Crippen LogP contribution in [0.1, 0.15) is 22.8 Å². The molecule has 0 saturated heterocycles. The van der Waals surface area contributed by atoms with Crippen LogP contribution in [0.3, 0.4) is 0 Å². The first-order valence-electron chi connectivity index (χ1n) is 4.33. The van der Waals surface area contributed by atoms with E-state index in [-0.39, 0.29) is 17.7 Å². The molecule has 5 heteroatoms. The summed E-state index contributed by atoms with van der Waals surface area (Å²) >= 11 is 0. The Labute approximate surface area is 85.3 Å². The van der Waals surface area contributed by atoms with E-state index in [1.807, 2.05) is 0 Å². The summed E-state index contributed by atoms with van der Waals surface area (Å²) in [6.45, 7) is 2.92. The summed E-state index contributed by atoms with van der Waals surface area (Å²) in [5.74, 6) is -4.23. The van der Waals surface area contributed by atoms with Gasteiger partial charge in [0.15, 0.2) is 11.6 Å². The van der Waals surface area contributed by atoms with Crippen molar-refractivity contribution in [2.24, 2.45) is 0 Å². The molecule has 0 aliphatic carbocycles. The van der Waals surface area contributed by atoms with Crippen LogP contribution in [0.5, 0.6) is 5.75 Å². The molecule has 1 N–H and O–H groups in total. The van der Waals surface area contributed by atoms with E-state index in [0.717, 1.165) is 6.07 Å². The average molecular weight is 216 g/mol. The minimum Gasteiger partial charge on any atom is -0.490 e. The Balaban J connectivity index is 3.43. The van der Waals surface area contributed by atoms with Crippen molar-refractivity contribution in [2.75, 3.05) is 6.61 Å². The molecule has 0 heterocycles. The van der Waals surface area contributed by atoms with Crippen LogP contribution >= 0.6 is 0 Å². The quantitative estimate of drug-likeness (QED) is 0.843. The van der Waals surface area contributed by atoms with Crippen LogP contribution in [0.2, 0.25) is 0 Å². The highest BCUT2D eigenvalue weighted by Gasteiger charge is 2.21. The van der Waals surface area contributed by atoms with Gasteiger partial charge in [-0.2, -0.15) is 4.39 Å². The fraction of sp³-hybridized carbons (Fsp3) is 0.300. The Bertz CT molecular complexity index is 402. The van der Waals surface area contributed by atoms with Crippen molar-refractivity contribution in [3.8, 4) is 5.75 Å². The Kier molecular flexibility index (Phi) is 3.24. The van der Waals surface area contributed by atoms with E-state index >= 15 is 0 Å². The molecule has 15 heavy (non-hydrogen) atoms. The number of ether oxygens (including phenoxy) is 1. The molecule has 0 aliphatic rings. The number of aryl methyl sites for hydroxylation is 1. The zero-order valence-electron chi connectivity index (χ0n) is 8.30. The van der Waals surface area contributed by atoms with Crippen LogP contribution in [0.15, 0.2) is 6.07 Å². The van der Waals surface area contributed by atoms with Crippen molar-refractivity contribution >= 4 is 5.97 Å². The maximum atomic E-state index is 13.3. The summed E-state index contributed by atoms with van der Waals surface area (Å²) in [6, 6.07) is 1.05. The van der Waals surface area contributed by atoms with E-state index < -0.39 is 23.4 Å². The maximum absolute atomic E-state index is 13.3. The van der Waals surface area contributed by atoms with Crippen LogP contribution in [0.25, 0.3) is 0 Å². The molecule has 0 saturated carbocycles. The van der Waals surface area contributed by atoms with Gasteiger partial charge in [0.2, 0.25) is 5.82 Å². The van der Waals surface area contributed by atoms with Gasteiger partial charge >= 0.3 is 5.97 Å². The van der Waals surface area contributed by atoms with Gasteiger partial charge in [0, 0.05) is 0 Å². The predicted octanol–water partition coefficient (Wildman–Crippen LogP) is 2.37. The molecule has 1 aromatic carbocycles. The molecular formula is C10H10F2O3. The first-order chi connectivity index (χ1) is 6.99. The number of carboxylic acids is 1. The lowest BCUT2D eigenvalue weighted by molar-refractivity contribution is 0.0691. The van der Waals surface area contributed by atoms with E-state index in [1.165, 1.54) is 6.92 Å². The van der Waals surface area contributed by atoms with Gasteiger partial charge in [0.05, 0.1) is 6.61 Å². The molecule has 0 fully saturated rings. The SMILES string of the molecule is CCOc1c(C(=O)O)cc(C)c(F)c1F. The lowest BCUT2D eigenvalue weighted by atomic mass is 10.1. The predicted molar refractivity (Wildman–Crippen MR) is 49.2 cm³/mol. The average Bonchev–Trinajstić information content (AvgIpc) is 2.18. The van der Waals surface area contributed by atoms with E-state index in [4.69, 9.17) is 9.84 Å². The molecule has 0 radical (unpaired) electrons. The van der Waals surface area contributed by atoms with Crippen LogP contribution < -0.4 is 4.74 Å². The van der Waals surface area contributed by atoms with Crippen LogP contribution in [0, 0.1) is 18.6 Å². The Morgan fingerprint density at radius 1 is 1.47 bits per heavy atom. The van der Waals surface area contributed by atoms with Gasteiger partial charge in [-0.25, -0.2) is 9.18 Å². The zero-order valence-corrected chi connectivity index (χ0v) is 8.30. The monoisotopic (exact) mass is 216 g/mol. The molecular weight excluding hydrogens is 206 g/mol. The number of rotatable bonds is 3. The molecule has 0 aromatic heterocycles. The molecule has 0 amide bonds. The number of aromatic carboxylic acids is 1. The van der Waals surface area contributed by atoms with E-state index in [2.05, 4.69) is 0 Å². The summed E-state index contributed by atoms with van der Waals surface area (Å²) in [5.41, 5.74) is -0.429. The topological polar surface area (TPSA) is 46.5 Å². The van der Waals surface area contributed by atoms with Gasteiger partial charge in [-0.05, 0) is 25.5 Å². The van der Waals surface area contributed by atoms with E-state index in [0.29, 0.717) is 0 Å². The molecule has 1 rings (SSSR count). The van der Waals surface area contributed by atoms with Gasteiger partial charge in [0.1, 0.15) is 5.56 Å². The third-order valence-corrected chi connectivity index (χ3v) is 1.86. The molecule has 3 nitrogen and oxygen atoms in total. The smallest absolute Gasteiger partial charge is 0.339 e. The van der Waals surface area contributed by atoms with Crippen molar-refractivity contribution in [3.05, 3.63) is 28.8 Å². The molecule has 0 unspecified atom stereocenters. The van der Waals surface area contributed by atoms with Gasteiger partial charge in [-0.1, -0.05) is 0 Å². The summed E-state index contributed by atoms with van der Waals surface area (Å²) in [5, 5.41) is 8.76. The van der Waals surface area contributed by atoms with Crippen molar-refractivity contribution in [1.29, 1.82) is 0 Å². The summed E-state index contributed by atoms with van der Waals surface area (Å²) < 4.78 is 31.2. The second-order valence-corrected chi connectivity index (χ2v) is 2.94. The molecule has 0 aliphatic heterocycles. The summed E-state index contributed by atoms with van der Waals surface area (Å²) in [4.78, 5) is 10.7. The second-order valence-electron chi connectivity index (χ2n) is 2.94. The molecule has 1 aromatic rings. The highest BCUT2D eigenvalue weighted by Crippen LogP contribution is 2.27. The summed E-state index contributed by atoms with van der Waals surface area (Å²) in [6.07, 6.45) is 0. The van der Waals surface area contributed by atoms with E-state index in [9.17, 15) is 13.6 Å². The number of carbonyl (C=O) groups is 1. The third-order valence-electron chi connectivity index (χ3n) is 1.86. The van der Waals surface area contributed by atoms with E-state index in [1.54, 1.807) is 6.92 Å². The first kappa shape index (κ1) is 11.4. The highest BCUT2D eigenvalue weighted by molar-refractivity contribution is 5.91. The van der Waals surface area contributed by atoms with Gasteiger partial charge in [0.25, 0.3) is 0 Å². The first-order valence-corrected chi connectivity index (χ1v) is 4.33. The minimum absolute atomic E-state index is 0.0617. The molecule has 82 valence electrons.